The van der Waals surface area contributed by atoms with Gasteiger partial charge in [-0.05, 0) is 50.1 Å². The molecule has 0 aliphatic heterocycles. The smallest absolute Gasteiger partial charge is 0.223 e. The van der Waals surface area contributed by atoms with Crippen LogP contribution in [0.5, 0.6) is 0 Å². The second kappa shape index (κ2) is 9.77. The minimum absolute atomic E-state index is 0.0557. The van der Waals surface area contributed by atoms with Crippen LogP contribution in [-0.2, 0) is 24.3 Å². The molecule has 0 saturated carbocycles. The number of aromatic nitrogens is 2. The zero-order valence-electron chi connectivity index (χ0n) is 17.5. The number of nitrogens with zero attached hydrogens (tertiary/aromatic N) is 4. The molecule has 0 spiro atoms. The maximum atomic E-state index is 12.6. The fourth-order valence-electron chi connectivity index (χ4n) is 3.45. The van der Waals surface area contributed by atoms with Crippen molar-refractivity contribution in [2.24, 2.45) is 0 Å². The summed E-state index contributed by atoms with van der Waals surface area (Å²) in [4.78, 5) is 14.3. The van der Waals surface area contributed by atoms with Crippen LogP contribution in [0.15, 0.2) is 45.3 Å². The highest BCUT2D eigenvalue weighted by Crippen LogP contribution is 2.24. The van der Waals surface area contributed by atoms with E-state index in [1.165, 1.54) is 0 Å². The highest BCUT2D eigenvalue weighted by atomic mass is 79.9. The molecule has 0 atom stereocenters. The quantitative estimate of drug-likeness (QED) is 0.464. The van der Waals surface area contributed by atoms with Gasteiger partial charge in [0.1, 0.15) is 11.5 Å². The van der Waals surface area contributed by atoms with E-state index < -0.39 is 0 Å². The lowest BCUT2D eigenvalue weighted by atomic mass is 10.1. The molecule has 0 aliphatic carbocycles. The van der Waals surface area contributed by atoms with Crippen LogP contribution in [0.25, 0.3) is 11.3 Å². The van der Waals surface area contributed by atoms with Gasteiger partial charge in [0.25, 0.3) is 0 Å². The molecule has 2 aromatic heterocycles. The molecule has 0 radical (unpaired) electrons. The van der Waals surface area contributed by atoms with Crippen LogP contribution in [0.2, 0.25) is 0 Å². The zero-order chi connectivity index (χ0) is 21.7. The number of halogens is 1. The molecular weight excluding hydrogens is 444 g/mol. The van der Waals surface area contributed by atoms with E-state index >= 15 is 0 Å². The number of carbonyl (C=O) groups is 1. The van der Waals surface area contributed by atoms with Gasteiger partial charge in [-0.2, -0.15) is 10.4 Å². The molecule has 0 unspecified atom stereocenters. The Bertz CT molecular complexity index is 1060. The van der Waals surface area contributed by atoms with Crippen molar-refractivity contribution in [3.8, 4) is 17.4 Å². The molecule has 3 rings (SSSR count). The molecule has 0 saturated heterocycles. The minimum Gasteiger partial charge on any atom is -0.459 e. The molecular formula is C23H25BrN4O2. The van der Waals surface area contributed by atoms with Crippen molar-refractivity contribution < 1.29 is 9.21 Å². The van der Waals surface area contributed by atoms with Crippen molar-refractivity contribution in [3.63, 3.8) is 0 Å². The van der Waals surface area contributed by atoms with Crippen LogP contribution >= 0.6 is 15.9 Å². The highest BCUT2D eigenvalue weighted by molar-refractivity contribution is 9.10. The standard InChI is InChI=1S/C23H25BrN4O2/c1-16-21(17(2)28(26-16)14-4-13-25)10-12-23(29)27(3)15-20-9-11-22(30-20)18-5-7-19(24)8-6-18/h5-9,11H,4,10,12,14-15H2,1-3H3. The molecule has 0 fully saturated rings. The third kappa shape index (κ3) is 5.19. The van der Waals surface area contributed by atoms with E-state index in [0.29, 0.717) is 32.4 Å². The molecule has 156 valence electrons. The van der Waals surface area contributed by atoms with E-state index in [2.05, 4.69) is 27.1 Å². The molecule has 1 amide bonds. The monoisotopic (exact) mass is 468 g/mol. The fraction of sp³-hybridized carbons (Fsp3) is 0.348. The predicted octanol–water partition coefficient (Wildman–Crippen LogP) is 5.03. The fourth-order valence-corrected chi connectivity index (χ4v) is 3.71. The van der Waals surface area contributed by atoms with E-state index in [9.17, 15) is 4.79 Å². The Hall–Kier alpha value is -2.85. The molecule has 0 bridgehead atoms. The molecule has 3 aromatic rings. The van der Waals surface area contributed by atoms with Gasteiger partial charge in [-0.15, -0.1) is 0 Å². The molecule has 2 heterocycles. The second-order valence-electron chi connectivity index (χ2n) is 7.30. The molecule has 6 nitrogen and oxygen atoms in total. The summed E-state index contributed by atoms with van der Waals surface area (Å²) < 4.78 is 8.80. The molecule has 1 aromatic carbocycles. The first-order chi connectivity index (χ1) is 14.4. The summed E-state index contributed by atoms with van der Waals surface area (Å²) in [7, 11) is 1.79. The maximum Gasteiger partial charge on any atom is 0.223 e. The van der Waals surface area contributed by atoms with Crippen LogP contribution in [0, 0.1) is 25.2 Å². The molecule has 0 aliphatic rings. The van der Waals surface area contributed by atoms with Crippen LogP contribution in [0.4, 0.5) is 0 Å². The van der Waals surface area contributed by atoms with Crippen LogP contribution in [-0.4, -0.2) is 27.6 Å². The zero-order valence-corrected chi connectivity index (χ0v) is 19.1. The number of hydrogen-bond acceptors (Lipinski definition) is 4. The number of benzene rings is 1. The summed E-state index contributed by atoms with van der Waals surface area (Å²) in [5, 5.41) is 13.3. The largest absolute Gasteiger partial charge is 0.459 e. The van der Waals surface area contributed by atoms with Crippen LogP contribution in [0.1, 0.15) is 35.6 Å². The predicted molar refractivity (Wildman–Crippen MR) is 119 cm³/mol. The first kappa shape index (κ1) is 21.8. The van der Waals surface area contributed by atoms with E-state index in [4.69, 9.17) is 9.68 Å². The molecule has 0 N–H and O–H groups in total. The van der Waals surface area contributed by atoms with Crippen molar-refractivity contribution >= 4 is 21.8 Å². The number of rotatable bonds is 8. The SMILES string of the molecule is Cc1nn(CCC#N)c(C)c1CCC(=O)N(C)Cc1ccc(-c2ccc(Br)cc2)o1. The molecule has 30 heavy (non-hydrogen) atoms. The Labute approximate surface area is 185 Å². The van der Waals surface area contributed by atoms with Crippen molar-refractivity contribution in [1.29, 1.82) is 5.26 Å². The minimum atomic E-state index is 0.0557. The number of aryl methyl sites for hydroxylation is 2. The van der Waals surface area contributed by atoms with Crippen LogP contribution < -0.4 is 0 Å². The van der Waals surface area contributed by atoms with E-state index in [1.54, 1.807) is 11.9 Å². The third-order valence-electron chi connectivity index (χ3n) is 5.16. The van der Waals surface area contributed by atoms with E-state index in [-0.39, 0.29) is 5.91 Å². The summed E-state index contributed by atoms with van der Waals surface area (Å²) in [6, 6.07) is 13.9. The number of carbonyl (C=O) groups excluding carboxylic acids is 1. The van der Waals surface area contributed by atoms with E-state index in [1.807, 2.05) is 54.9 Å². The van der Waals surface area contributed by atoms with Gasteiger partial charge in [-0.3, -0.25) is 9.48 Å². The van der Waals surface area contributed by atoms with Gasteiger partial charge in [0.05, 0.1) is 31.3 Å². The number of amides is 1. The lowest BCUT2D eigenvalue weighted by Crippen LogP contribution is -2.26. The number of furan rings is 1. The summed E-state index contributed by atoms with van der Waals surface area (Å²) in [6.07, 6.45) is 1.46. The lowest BCUT2D eigenvalue weighted by Gasteiger charge is -2.16. The third-order valence-corrected chi connectivity index (χ3v) is 5.69. The summed E-state index contributed by atoms with van der Waals surface area (Å²) in [5.41, 5.74) is 4.04. The summed E-state index contributed by atoms with van der Waals surface area (Å²) in [5.74, 6) is 1.59. The second-order valence-corrected chi connectivity index (χ2v) is 8.22. The van der Waals surface area contributed by atoms with Gasteiger partial charge < -0.3 is 9.32 Å². The number of hydrogen-bond donors (Lipinski definition) is 0. The van der Waals surface area contributed by atoms with Gasteiger partial charge in [-0.1, -0.05) is 28.1 Å². The average molecular weight is 469 g/mol. The molecule has 7 heteroatoms. The topological polar surface area (TPSA) is 75.1 Å². The highest BCUT2D eigenvalue weighted by Gasteiger charge is 2.16. The Morgan fingerprint density at radius 2 is 1.97 bits per heavy atom. The summed E-state index contributed by atoms with van der Waals surface area (Å²) >= 11 is 3.43. The average Bonchev–Trinajstić information content (AvgIpc) is 3.29. The van der Waals surface area contributed by atoms with E-state index in [0.717, 1.165) is 38.5 Å². The maximum absolute atomic E-state index is 12.6. The number of nitriles is 1. The van der Waals surface area contributed by atoms with Gasteiger partial charge in [0, 0.05) is 29.2 Å². The van der Waals surface area contributed by atoms with Gasteiger partial charge in [0.2, 0.25) is 5.91 Å². The van der Waals surface area contributed by atoms with Crippen molar-refractivity contribution in [2.45, 2.75) is 46.2 Å². The normalized spacial score (nSPS) is 10.8. The van der Waals surface area contributed by atoms with Crippen molar-refractivity contribution in [3.05, 3.63) is 63.6 Å². The Balaban J connectivity index is 1.57. The Morgan fingerprint density at radius 1 is 1.23 bits per heavy atom. The van der Waals surface area contributed by atoms with Crippen molar-refractivity contribution in [1.82, 2.24) is 14.7 Å². The Morgan fingerprint density at radius 3 is 2.67 bits per heavy atom. The van der Waals surface area contributed by atoms with Crippen molar-refractivity contribution in [2.75, 3.05) is 7.05 Å². The van der Waals surface area contributed by atoms with Gasteiger partial charge >= 0.3 is 0 Å². The Kier molecular flexibility index (Phi) is 7.11. The van der Waals surface area contributed by atoms with Gasteiger partial charge in [-0.25, -0.2) is 0 Å². The first-order valence-corrected chi connectivity index (χ1v) is 10.7. The summed E-state index contributed by atoms with van der Waals surface area (Å²) in [6.45, 7) is 4.95. The lowest BCUT2D eigenvalue weighted by molar-refractivity contribution is -0.130. The first-order valence-electron chi connectivity index (χ1n) is 9.87. The van der Waals surface area contributed by atoms with Crippen LogP contribution in [0.3, 0.4) is 0 Å². The van der Waals surface area contributed by atoms with Gasteiger partial charge in [0.15, 0.2) is 0 Å².